The average Bonchev–Trinajstić information content (AvgIpc) is 2.77. The zero-order chi connectivity index (χ0) is 15.3. The van der Waals surface area contributed by atoms with Gasteiger partial charge in [-0.1, -0.05) is 13.8 Å². The Morgan fingerprint density at radius 2 is 2.15 bits per heavy atom. The molecule has 0 aliphatic heterocycles. The predicted molar refractivity (Wildman–Crippen MR) is 75.4 cm³/mol. The Kier molecular flexibility index (Phi) is 5.52. The molecule has 1 heterocycles. The van der Waals surface area contributed by atoms with Gasteiger partial charge >= 0.3 is 0 Å². The molecular formula is C11H21N5O3S. The molecule has 0 saturated heterocycles. The van der Waals surface area contributed by atoms with E-state index in [1.54, 1.807) is 6.92 Å². The number of anilines is 1. The molecule has 1 aromatic rings. The van der Waals surface area contributed by atoms with Gasteiger partial charge in [0.15, 0.2) is 5.82 Å². The summed E-state index contributed by atoms with van der Waals surface area (Å²) < 4.78 is 27.5. The normalized spacial score (nSPS) is 11.8. The number of aryl methyl sites for hydroxylation is 1. The molecule has 3 N–H and O–H groups in total. The van der Waals surface area contributed by atoms with Crippen molar-refractivity contribution >= 4 is 21.7 Å². The summed E-state index contributed by atoms with van der Waals surface area (Å²) in [5, 5.41) is 6.37. The number of nitrogens with one attached hydrogen (secondary N) is 1. The first kappa shape index (κ1) is 16.4. The van der Waals surface area contributed by atoms with Gasteiger partial charge in [0.1, 0.15) is 4.90 Å². The molecule has 0 atom stereocenters. The molecule has 1 amide bonds. The van der Waals surface area contributed by atoms with Crippen molar-refractivity contribution < 1.29 is 13.2 Å². The highest BCUT2D eigenvalue weighted by atomic mass is 32.2. The van der Waals surface area contributed by atoms with E-state index in [-0.39, 0.29) is 29.7 Å². The van der Waals surface area contributed by atoms with E-state index < -0.39 is 10.0 Å². The van der Waals surface area contributed by atoms with Crippen molar-refractivity contribution in [3.8, 4) is 0 Å². The maximum atomic E-state index is 12.5. The second-order valence-electron chi connectivity index (χ2n) is 4.25. The van der Waals surface area contributed by atoms with Crippen LogP contribution in [0.4, 0.5) is 5.82 Å². The van der Waals surface area contributed by atoms with Crippen LogP contribution in [0.3, 0.4) is 0 Å². The molecule has 0 bridgehead atoms. The van der Waals surface area contributed by atoms with Crippen LogP contribution in [0.15, 0.2) is 11.1 Å². The first-order valence-corrected chi connectivity index (χ1v) is 7.84. The number of carbonyl (C=O) groups is 1. The van der Waals surface area contributed by atoms with Crippen LogP contribution in [-0.2, 0) is 21.4 Å². The smallest absolute Gasteiger partial charge is 0.248 e. The van der Waals surface area contributed by atoms with E-state index in [9.17, 15) is 13.2 Å². The lowest BCUT2D eigenvalue weighted by atomic mass is 10.5. The van der Waals surface area contributed by atoms with Crippen LogP contribution in [-0.4, -0.2) is 48.5 Å². The summed E-state index contributed by atoms with van der Waals surface area (Å²) >= 11 is 0. The van der Waals surface area contributed by atoms with Crippen LogP contribution in [0.2, 0.25) is 0 Å². The zero-order valence-electron chi connectivity index (χ0n) is 12.0. The van der Waals surface area contributed by atoms with Crippen molar-refractivity contribution in [1.29, 1.82) is 0 Å². The van der Waals surface area contributed by atoms with E-state index in [1.165, 1.54) is 17.9 Å². The zero-order valence-corrected chi connectivity index (χ0v) is 12.8. The van der Waals surface area contributed by atoms with Crippen molar-refractivity contribution in [2.24, 2.45) is 0 Å². The largest absolute Gasteiger partial charge is 0.381 e. The van der Waals surface area contributed by atoms with Gasteiger partial charge in [-0.15, -0.1) is 0 Å². The van der Waals surface area contributed by atoms with E-state index in [2.05, 4.69) is 10.4 Å². The van der Waals surface area contributed by atoms with Crippen LogP contribution < -0.4 is 11.1 Å². The molecule has 0 spiro atoms. The van der Waals surface area contributed by atoms with Gasteiger partial charge in [-0.05, 0) is 6.42 Å². The molecule has 8 nitrogen and oxygen atoms in total. The molecule has 0 aliphatic carbocycles. The standard InChI is InChI=1S/C11H21N5O3S/c1-4-6-15-7-9(11(12)14-15)20(18,19)16(5-2)8-10(17)13-3/h7H,4-6,8H2,1-3H3,(H2,12,14)(H,13,17). The molecule has 0 radical (unpaired) electrons. The maximum Gasteiger partial charge on any atom is 0.248 e. The SMILES string of the molecule is CCCn1cc(S(=O)(=O)N(CC)CC(=O)NC)c(N)n1. The van der Waals surface area contributed by atoms with Crippen molar-refractivity contribution in [2.45, 2.75) is 31.7 Å². The van der Waals surface area contributed by atoms with Gasteiger partial charge in [0.25, 0.3) is 0 Å². The molecule has 20 heavy (non-hydrogen) atoms. The van der Waals surface area contributed by atoms with Crippen LogP contribution >= 0.6 is 0 Å². The topological polar surface area (TPSA) is 110 Å². The molecule has 0 saturated carbocycles. The second-order valence-corrected chi connectivity index (χ2v) is 6.15. The van der Waals surface area contributed by atoms with E-state index in [1.807, 2.05) is 6.92 Å². The quantitative estimate of drug-likeness (QED) is 0.714. The number of amides is 1. The fourth-order valence-electron chi connectivity index (χ4n) is 1.71. The first-order chi connectivity index (χ1) is 9.36. The highest BCUT2D eigenvalue weighted by Gasteiger charge is 2.29. The Labute approximate surface area is 119 Å². The Hall–Kier alpha value is -1.61. The molecule has 114 valence electrons. The monoisotopic (exact) mass is 303 g/mol. The fourth-order valence-corrected chi connectivity index (χ4v) is 3.17. The lowest BCUT2D eigenvalue weighted by Crippen LogP contribution is -2.39. The molecular weight excluding hydrogens is 282 g/mol. The lowest BCUT2D eigenvalue weighted by molar-refractivity contribution is -0.120. The highest BCUT2D eigenvalue weighted by molar-refractivity contribution is 7.89. The van der Waals surface area contributed by atoms with Crippen LogP contribution in [0.1, 0.15) is 20.3 Å². The number of nitrogens with zero attached hydrogens (tertiary/aromatic N) is 3. The molecule has 0 aliphatic rings. The number of nitrogens with two attached hydrogens (primary N) is 1. The number of carbonyl (C=O) groups excluding carboxylic acids is 1. The maximum absolute atomic E-state index is 12.5. The van der Waals surface area contributed by atoms with Gasteiger partial charge < -0.3 is 11.1 Å². The Balaban J connectivity index is 3.10. The minimum absolute atomic E-state index is 0.0474. The Morgan fingerprint density at radius 1 is 1.50 bits per heavy atom. The summed E-state index contributed by atoms with van der Waals surface area (Å²) in [4.78, 5) is 11.3. The van der Waals surface area contributed by atoms with Gasteiger partial charge in [-0.3, -0.25) is 9.48 Å². The minimum atomic E-state index is -3.82. The summed E-state index contributed by atoms with van der Waals surface area (Å²) in [7, 11) is -2.37. The highest BCUT2D eigenvalue weighted by Crippen LogP contribution is 2.21. The van der Waals surface area contributed by atoms with Crippen molar-refractivity contribution in [3.63, 3.8) is 0 Å². The van der Waals surface area contributed by atoms with E-state index in [0.717, 1.165) is 10.7 Å². The van der Waals surface area contributed by atoms with Crippen LogP contribution in [0.25, 0.3) is 0 Å². The number of aromatic nitrogens is 2. The number of rotatable bonds is 7. The van der Waals surface area contributed by atoms with Gasteiger partial charge in [0.2, 0.25) is 15.9 Å². The summed E-state index contributed by atoms with van der Waals surface area (Å²) in [5.74, 6) is -0.427. The molecule has 0 aromatic carbocycles. The Morgan fingerprint density at radius 3 is 2.65 bits per heavy atom. The summed E-state index contributed by atoms with van der Waals surface area (Å²) in [6.07, 6.45) is 2.22. The average molecular weight is 303 g/mol. The van der Waals surface area contributed by atoms with Crippen molar-refractivity contribution in [3.05, 3.63) is 6.20 Å². The minimum Gasteiger partial charge on any atom is -0.381 e. The fraction of sp³-hybridized carbons (Fsp3) is 0.636. The van der Waals surface area contributed by atoms with Crippen molar-refractivity contribution in [2.75, 3.05) is 25.9 Å². The molecule has 9 heteroatoms. The van der Waals surface area contributed by atoms with Gasteiger partial charge in [-0.25, -0.2) is 8.42 Å². The first-order valence-electron chi connectivity index (χ1n) is 6.40. The number of likely N-dealkylation sites (N-methyl/N-ethyl adjacent to an activating group) is 2. The molecule has 0 fully saturated rings. The second kappa shape index (κ2) is 6.71. The summed E-state index contributed by atoms with van der Waals surface area (Å²) in [6.45, 7) is 4.13. The number of hydrogen-bond acceptors (Lipinski definition) is 5. The van der Waals surface area contributed by atoms with Gasteiger partial charge in [-0.2, -0.15) is 9.40 Å². The number of nitrogen functional groups attached to an aromatic ring is 1. The number of sulfonamides is 1. The predicted octanol–water partition coefficient (Wildman–Crippen LogP) is -0.368. The van der Waals surface area contributed by atoms with Gasteiger partial charge in [0, 0.05) is 26.3 Å². The van der Waals surface area contributed by atoms with Crippen LogP contribution in [0.5, 0.6) is 0 Å². The van der Waals surface area contributed by atoms with Crippen molar-refractivity contribution in [1.82, 2.24) is 19.4 Å². The van der Waals surface area contributed by atoms with Crippen LogP contribution in [0, 0.1) is 0 Å². The third-order valence-electron chi connectivity index (χ3n) is 2.78. The summed E-state index contributed by atoms with van der Waals surface area (Å²) in [6, 6.07) is 0. The lowest BCUT2D eigenvalue weighted by Gasteiger charge is -2.18. The Bertz CT molecular complexity index is 567. The van der Waals surface area contributed by atoms with E-state index in [0.29, 0.717) is 6.54 Å². The molecule has 0 unspecified atom stereocenters. The third kappa shape index (κ3) is 3.48. The molecule has 1 rings (SSSR count). The number of hydrogen-bond donors (Lipinski definition) is 2. The van der Waals surface area contributed by atoms with E-state index in [4.69, 9.17) is 5.73 Å². The summed E-state index contributed by atoms with van der Waals surface area (Å²) in [5.41, 5.74) is 5.68. The van der Waals surface area contributed by atoms with E-state index >= 15 is 0 Å². The third-order valence-corrected chi connectivity index (χ3v) is 4.71. The van der Waals surface area contributed by atoms with Gasteiger partial charge in [0.05, 0.1) is 6.54 Å². The molecule has 1 aromatic heterocycles.